The van der Waals surface area contributed by atoms with E-state index in [1.807, 2.05) is 12.1 Å². The third kappa shape index (κ3) is 2.74. The number of ether oxygens (including phenoxy) is 1. The van der Waals surface area contributed by atoms with Gasteiger partial charge in [-0.1, -0.05) is 4.49 Å². The van der Waals surface area contributed by atoms with Crippen molar-refractivity contribution in [3.8, 4) is 5.75 Å². The number of carbonyl (C=O) groups excluding carboxylic acids is 1. The summed E-state index contributed by atoms with van der Waals surface area (Å²) >= 11 is 3.00. The molecule has 0 saturated heterocycles. The van der Waals surface area contributed by atoms with E-state index in [0.29, 0.717) is 5.75 Å². The van der Waals surface area contributed by atoms with Crippen LogP contribution in [-0.2, 0) is 17.6 Å². The second kappa shape index (κ2) is 6.50. The molecule has 7 nitrogen and oxygen atoms in total. The van der Waals surface area contributed by atoms with E-state index >= 15 is 0 Å². The number of methoxy groups -OCH3 is 1. The molecule has 0 radical (unpaired) electrons. The van der Waals surface area contributed by atoms with Crippen LogP contribution in [0.2, 0.25) is 0 Å². The van der Waals surface area contributed by atoms with Gasteiger partial charge in [-0.05, 0) is 42.4 Å². The standard InChI is InChI=1S/C18H15N5O2S2/c1-25-13-5-12-15(27-23-22-12)6-11(13)21-17-16-10-3-2-9(7-24)4-14(10)26-18(16)20-8-19-17/h5-9H,2-4H2,1H3,(H,19,20,21)/t9-/m0/s1. The number of nitrogens with one attached hydrogen (secondary N) is 1. The number of benzene rings is 1. The van der Waals surface area contributed by atoms with Crippen LogP contribution in [0.25, 0.3) is 20.4 Å². The molecule has 0 aliphatic heterocycles. The Kier molecular flexibility index (Phi) is 3.98. The first kappa shape index (κ1) is 16.5. The molecule has 136 valence electrons. The van der Waals surface area contributed by atoms with Gasteiger partial charge in [0.15, 0.2) is 0 Å². The lowest BCUT2D eigenvalue weighted by Crippen LogP contribution is -2.13. The van der Waals surface area contributed by atoms with Crippen molar-refractivity contribution in [1.29, 1.82) is 0 Å². The number of thiophene rings is 1. The van der Waals surface area contributed by atoms with Gasteiger partial charge in [0.2, 0.25) is 0 Å². The third-order valence-electron chi connectivity index (χ3n) is 4.90. The van der Waals surface area contributed by atoms with E-state index in [0.717, 1.165) is 57.5 Å². The van der Waals surface area contributed by atoms with E-state index in [9.17, 15) is 4.79 Å². The molecule has 1 aromatic carbocycles. The fourth-order valence-corrected chi connectivity index (χ4v) is 5.41. The molecule has 27 heavy (non-hydrogen) atoms. The Hall–Kier alpha value is -2.65. The lowest BCUT2D eigenvalue weighted by molar-refractivity contribution is -0.111. The van der Waals surface area contributed by atoms with E-state index in [1.165, 1.54) is 22.0 Å². The van der Waals surface area contributed by atoms with Crippen molar-refractivity contribution >= 4 is 61.1 Å². The second-order valence-electron chi connectivity index (χ2n) is 6.46. The highest BCUT2D eigenvalue weighted by Gasteiger charge is 2.25. The number of fused-ring (bicyclic) bond motifs is 4. The van der Waals surface area contributed by atoms with Crippen molar-refractivity contribution in [3.63, 3.8) is 0 Å². The van der Waals surface area contributed by atoms with Gasteiger partial charge in [0.05, 0.1) is 22.9 Å². The molecule has 1 aliphatic rings. The van der Waals surface area contributed by atoms with Crippen molar-refractivity contribution in [2.24, 2.45) is 5.92 Å². The summed E-state index contributed by atoms with van der Waals surface area (Å²) in [5.74, 6) is 1.56. The maximum absolute atomic E-state index is 11.2. The molecular formula is C18H15N5O2S2. The van der Waals surface area contributed by atoms with Crippen molar-refractivity contribution < 1.29 is 9.53 Å². The van der Waals surface area contributed by atoms with Gasteiger partial charge in [-0.2, -0.15) is 0 Å². The largest absolute Gasteiger partial charge is 0.494 e. The third-order valence-corrected chi connectivity index (χ3v) is 6.75. The molecular weight excluding hydrogens is 382 g/mol. The van der Waals surface area contributed by atoms with Crippen molar-refractivity contribution in [2.75, 3.05) is 12.4 Å². The predicted molar refractivity (Wildman–Crippen MR) is 106 cm³/mol. The maximum Gasteiger partial charge on any atom is 0.144 e. The molecule has 1 N–H and O–H groups in total. The Balaban J connectivity index is 1.62. The Morgan fingerprint density at radius 1 is 1.33 bits per heavy atom. The van der Waals surface area contributed by atoms with Gasteiger partial charge in [-0.3, -0.25) is 0 Å². The Bertz CT molecular complexity index is 1170. The smallest absolute Gasteiger partial charge is 0.144 e. The number of aldehydes is 1. The number of nitrogens with zero attached hydrogens (tertiary/aromatic N) is 4. The lowest BCUT2D eigenvalue weighted by atomic mass is 9.89. The molecule has 0 amide bonds. The molecule has 3 aromatic heterocycles. The molecule has 0 fully saturated rings. The number of anilines is 2. The molecule has 3 heterocycles. The lowest BCUT2D eigenvalue weighted by Gasteiger charge is -2.17. The van der Waals surface area contributed by atoms with Crippen LogP contribution in [0, 0.1) is 5.92 Å². The summed E-state index contributed by atoms with van der Waals surface area (Å²) in [6.07, 6.45) is 5.18. The topological polar surface area (TPSA) is 89.9 Å². The van der Waals surface area contributed by atoms with E-state index in [2.05, 4.69) is 24.9 Å². The Morgan fingerprint density at radius 3 is 3.11 bits per heavy atom. The molecule has 1 aliphatic carbocycles. The quantitative estimate of drug-likeness (QED) is 0.525. The minimum absolute atomic E-state index is 0.108. The highest BCUT2D eigenvalue weighted by atomic mass is 32.1. The summed E-state index contributed by atoms with van der Waals surface area (Å²) < 4.78 is 10.5. The van der Waals surface area contributed by atoms with Crippen LogP contribution >= 0.6 is 22.9 Å². The zero-order valence-corrected chi connectivity index (χ0v) is 16.1. The van der Waals surface area contributed by atoms with Gasteiger partial charge in [-0.15, -0.1) is 16.4 Å². The van der Waals surface area contributed by atoms with Crippen LogP contribution in [0.4, 0.5) is 11.5 Å². The van der Waals surface area contributed by atoms with Crippen molar-refractivity contribution in [3.05, 3.63) is 28.9 Å². The monoisotopic (exact) mass is 397 g/mol. The zero-order valence-electron chi connectivity index (χ0n) is 14.4. The number of hydrogen-bond donors (Lipinski definition) is 1. The molecule has 0 unspecified atom stereocenters. The number of rotatable bonds is 4. The Morgan fingerprint density at radius 2 is 2.26 bits per heavy atom. The van der Waals surface area contributed by atoms with Gasteiger partial charge in [0.1, 0.15) is 34.5 Å². The molecule has 4 aromatic rings. The van der Waals surface area contributed by atoms with Gasteiger partial charge in [0, 0.05) is 16.9 Å². The average molecular weight is 397 g/mol. The summed E-state index contributed by atoms with van der Waals surface area (Å²) in [5.41, 5.74) is 2.89. The molecule has 0 saturated carbocycles. The van der Waals surface area contributed by atoms with Crippen LogP contribution in [-0.4, -0.2) is 33.0 Å². The average Bonchev–Trinajstić information content (AvgIpc) is 3.30. The SMILES string of the molecule is COc1cc2nnsc2cc1Nc1ncnc2sc3c(c12)CC[C@H](C=O)C3. The fourth-order valence-electron chi connectivity index (χ4n) is 3.55. The first-order valence-corrected chi connectivity index (χ1v) is 10.1. The van der Waals surface area contributed by atoms with Gasteiger partial charge in [-0.25, -0.2) is 9.97 Å². The number of hydrogen-bond acceptors (Lipinski definition) is 9. The van der Waals surface area contributed by atoms with Crippen LogP contribution < -0.4 is 10.1 Å². The van der Waals surface area contributed by atoms with Crippen LogP contribution in [0.5, 0.6) is 5.75 Å². The van der Waals surface area contributed by atoms with Crippen molar-refractivity contribution in [2.45, 2.75) is 19.3 Å². The maximum atomic E-state index is 11.2. The van der Waals surface area contributed by atoms with Crippen LogP contribution in [0.15, 0.2) is 18.5 Å². The number of carbonyl (C=O) groups is 1. The summed E-state index contributed by atoms with van der Waals surface area (Å²) in [6.45, 7) is 0. The minimum atomic E-state index is 0.108. The molecule has 0 bridgehead atoms. The molecule has 9 heteroatoms. The van der Waals surface area contributed by atoms with Crippen LogP contribution in [0.1, 0.15) is 16.9 Å². The summed E-state index contributed by atoms with van der Waals surface area (Å²) in [7, 11) is 1.63. The first-order chi connectivity index (χ1) is 13.3. The number of aryl methyl sites for hydroxylation is 1. The van der Waals surface area contributed by atoms with Gasteiger partial charge >= 0.3 is 0 Å². The van der Waals surface area contributed by atoms with Crippen molar-refractivity contribution in [1.82, 2.24) is 19.6 Å². The normalized spacial score (nSPS) is 16.4. The molecule has 5 rings (SSSR count). The number of aromatic nitrogens is 4. The van der Waals surface area contributed by atoms with E-state index in [1.54, 1.807) is 24.8 Å². The van der Waals surface area contributed by atoms with Gasteiger partial charge in [0.25, 0.3) is 0 Å². The predicted octanol–water partition coefficient (Wildman–Crippen LogP) is 3.75. The minimum Gasteiger partial charge on any atom is -0.494 e. The van der Waals surface area contributed by atoms with E-state index in [4.69, 9.17) is 4.74 Å². The zero-order chi connectivity index (χ0) is 18.4. The highest BCUT2D eigenvalue weighted by molar-refractivity contribution is 7.19. The fraction of sp³-hybridized carbons (Fsp3) is 0.278. The van der Waals surface area contributed by atoms with Gasteiger partial charge < -0.3 is 14.8 Å². The van der Waals surface area contributed by atoms with E-state index in [-0.39, 0.29) is 5.92 Å². The second-order valence-corrected chi connectivity index (χ2v) is 8.33. The summed E-state index contributed by atoms with van der Waals surface area (Å²) in [5, 5.41) is 8.57. The first-order valence-electron chi connectivity index (χ1n) is 8.54. The van der Waals surface area contributed by atoms with E-state index < -0.39 is 0 Å². The molecule has 1 atom stereocenters. The molecule has 0 spiro atoms. The Labute approximate surface area is 162 Å². The van der Waals surface area contributed by atoms with Crippen LogP contribution in [0.3, 0.4) is 0 Å². The summed E-state index contributed by atoms with van der Waals surface area (Å²) in [4.78, 5) is 22.3. The summed E-state index contributed by atoms with van der Waals surface area (Å²) in [6, 6.07) is 3.85. The highest BCUT2D eigenvalue weighted by Crippen LogP contribution is 2.41.